The van der Waals surface area contributed by atoms with Gasteiger partial charge in [0.15, 0.2) is 12.0 Å². The number of nitrogens with zero attached hydrogens (tertiary/aromatic N) is 3. The van der Waals surface area contributed by atoms with Crippen LogP contribution in [-0.4, -0.2) is 15.9 Å². The van der Waals surface area contributed by atoms with Crippen LogP contribution in [0.1, 0.15) is 10.4 Å². The molecule has 0 unspecified atom stereocenters. The zero-order valence-electron chi connectivity index (χ0n) is 10.1. The van der Waals surface area contributed by atoms with Gasteiger partial charge in [0.2, 0.25) is 0 Å². The number of hydrogen-bond donors (Lipinski definition) is 1. The van der Waals surface area contributed by atoms with Gasteiger partial charge in [0, 0.05) is 0 Å². The molecule has 1 heterocycles. The number of aromatic nitrogens is 2. The van der Waals surface area contributed by atoms with E-state index in [1.54, 1.807) is 30.5 Å². The number of halogens is 1. The Labute approximate surface area is 112 Å². The molecular weight excluding hydrogens is 259 g/mol. The quantitative estimate of drug-likeness (QED) is 0.416. The number of rotatable bonds is 1. The van der Waals surface area contributed by atoms with Crippen LogP contribution in [0.15, 0.2) is 36.4 Å². The van der Waals surface area contributed by atoms with Crippen LogP contribution in [0.25, 0.3) is 22.1 Å². The van der Waals surface area contributed by atoms with Crippen molar-refractivity contribution < 1.29 is 9.18 Å². The SMILES string of the molecule is N#CNC(=O)c1cccc2nc3cccc(F)c3nc12. The molecule has 2 aromatic carbocycles. The first kappa shape index (κ1) is 12.0. The second-order valence-corrected chi connectivity index (χ2v) is 4.07. The zero-order chi connectivity index (χ0) is 14.1. The van der Waals surface area contributed by atoms with Crippen molar-refractivity contribution in [2.24, 2.45) is 0 Å². The van der Waals surface area contributed by atoms with Crippen molar-refractivity contribution in [3.05, 3.63) is 47.8 Å². The van der Waals surface area contributed by atoms with Crippen LogP contribution in [0.2, 0.25) is 0 Å². The monoisotopic (exact) mass is 266 g/mol. The highest BCUT2D eigenvalue weighted by Gasteiger charge is 2.13. The molecule has 1 N–H and O–H groups in total. The lowest BCUT2D eigenvalue weighted by atomic mass is 10.1. The Morgan fingerprint density at radius 1 is 1.10 bits per heavy atom. The Morgan fingerprint density at radius 3 is 2.55 bits per heavy atom. The number of nitrogens with one attached hydrogen (secondary N) is 1. The van der Waals surface area contributed by atoms with Crippen LogP contribution in [0.3, 0.4) is 0 Å². The molecule has 1 amide bonds. The fraction of sp³-hybridized carbons (Fsp3) is 0. The topological polar surface area (TPSA) is 78.7 Å². The molecular formula is C14H7FN4O. The largest absolute Gasteiger partial charge is 0.268 e. The maximum atomic E-state index is 13.7. The number of carbonyl (C=O) groups excluding carboxylic acids is 1. The van der Waals surface area contributed by atoms with E-state index in [1.165, 1.54) is 12.1 Å². The number of nitriles is 1. The van der Waals surface area contributed by atoms with Gasteiger partial charge < -0.3 is 0 Å². The Balaban J connectivity index is 2.36. The van der Waals surface area contributed by atoms with E-state index in [-0.39, 0.29) is 16.6 Å². The molecule has 3 rings (SSSR count). The Bertz CT molecular complexity index is 885. The molecule has 0 spiro atoms. The first-order chi connectivity index (χ1) is 9.70. The summed E-state index contributed by atoms with van der Waals surface area (Å²) in [5.74, 6) is -1.10. The van der Waals surface area contributed by atoms with E-state index in [9.17, 15) is 9.18 Å². The summed E-state index contributed by atoms with van der Waals surface area (Å²) in [5.41, 5.74) is 1.42. The fourth-order valence-electron chi connectivity index (χ4n) is 1.99. The van der Waals surface area contributed by atoms with Gasteiger partial charge in [-0.15, -0.1) is 0 Å². The molecule has 0 bridgehead atoms. The Hall–Kier alpha value is -3.07. The highest BCUT2D eigenvalue weighted by atomic mass is 19.1. The molecule has 0 atom stereocenters. The van der Waals surface area contributed by atoms with Crippen molar-refractivity contribution in [3.8, 4) is 6.19 Å². The average Bonchev–Trinajstić information content (AvgIpc) is 2.45. The molecule has 96 valence electrons. The van der Waals surface area contributed by atoms with Crippen molar-refractivity contribution in [2.45, 2.75) is 0 Å². The Kier molecular flexibility index (Phi) is 2.73. The van der Waals surface area contributed by atoms with E-state index in [0.717, 1.165) is 0 Å². The molecule has 0 radical (unpaired) electrons. The summed E-state index contributed by atoms with van der Waals surface area (Å²) in [7, 11) is 0. The van der Waals surface area contributed by atoms with Crippen LogP contribution in [0.5, 0.6) is 0 Å². The third-order valence-corrected chi connectivity index (χ3v) is 2.86. The predicted octanol–water partition coefficient (Wildman–Crippen LogP) is 2.13. The summed E-state index contributed by atoms with van der Waals surface area (Å²) in [4.78, 5) is 20.2. The van der Waals surface area contributed by atoms with Gasteiger partial charge >= 0.3 is 0 Å². The van der Waals surface area contributed by atoms with Gasteiger partial charge in [-0.2, -0.15) is 5.26 Å². The maximum absolute atomic E-state index is 13.7. The van der Waals surface area contributed by atoms with Crippen LogP contribution < -0.4 is 5.32 Å². The first-order valence-electron chi connectivity index (χ1n) is 5.75. The van der Waals surface area contributed by atoms with Gasteiger partial charge in [-0.1, -0.05) is 12.1 Å². The number of fused-ring (bicyclic) bond motifs is 2. The molecule has 0 aliphatic carbocycles. The summed E-state index contributed by atoms with van der Waals surface area (Å²) >= 11 is 0. The molecule has 0 saturated carbocycles. The summed E-state index contributed by atoms with van der Waals surface area (Å²) in [6.07, 6.45) is 1.56. The smallest absolute Gasteiger partial charge is 0.266 e. The molecule has 0 saturated heterocycles. The van der Waals surface area contributed by atoms with Crippen molar-refractivity contribution in [2.75, 3.05) is 0 Å². The highest BCUT2D eigenvalue weighted by Crippen LogP contribution is 2.21. The van der Waals surface area contributed by atoms with E-state index in [0.29, 0.717) is 11.0 Å². The van der Waals surface area contributed by atoms with Crippen molar-refractivity contribution in [1.29, 1.82) is 5.26 Å². The fourth-order valence-corrected chi connectivity index (χ4v) is 1.99. The highest BCUT2D eigenvalue weighted by molar-refractivity contribution is 6.06. The lowest BCUT2D eigenvalue weighted by Crippen LogP contribution is -2.18. The van der Waals surface area contributed by atoms with Crippen LogP contribution in [0, 0.1) is 17.3 Å². The third kappa shape index (κ3) is 1.82. The number of amides is 1. The van der Waals surface area contributed by atoms with E-state index in [4.69, 9.17) is 5.26 Å². The lowest BCUT2D eigenvalue weighted by Gasteiger charge is -2.05. The van der Waals surface area contributed by atoms with E-state index < -0.39 is 11.7 Å². The minimum absolute atomic E-state index is 0.0946. The van der Waals surface area contributed by atoms with Crippen molar-refractivity contribution in [3.63, 3.8) is 0 Å². The van der Waals surface area contributed by atoms with Gasteiger partial charge in [0.05, 0.1) is 16.6 Å². The number of benzene rings is 2. The zero-order valence-corrected chi connectivity index (χ0v) is 10.1. The van der Waals surface area contributed by atoms with Crippen LogP contribution in [-0.2, 0) is 0 Å². The number of hydrogen-bond acceptors (Lipinski definition) is 4. The summed E-state index contributed by atoms with van der Waals surface area (Å²) in [6.45, 7) is 0. The van der Waals surface area contributed by atoms with E-state index in [2.05, 4.69) is 9.97 Å². The normalized spacial score (nSPS) is 10.4. The second kappa shape index (κ2) is 4.55. The molecule has 20 heavy (non-hydrogen) atoms. The van der Waals surface area contributed by atoms with Gasteiger partial charge in [-0.25, -0.2) is 14.4 Å². The molecule has 0 aliphatic heterocycles. The summed E-state index contributed by atoms with van der Waals surface area (Å²) < 4.78 is 13.7. The average molecular weight is 266 g/mol. The van der Waals surface area contributed by atoms with Gasteiger partial charge in [-0.05, 0) is 24.3 Å². The molecule has 3 aromatic rings. The molecule has 0 fully saturated rings. The van der Waals surface area contributed by atoms with E-state index >= 15 is 0 Å². The molecule has 5 nitrogen and oxygen atoms in total. The second-order valence-electron chi connectivity index (χ2n) is 4.07. The third-order valence-electron chi connectivity index (χ3n) is 2.86. The van der Waals surface area contributed by atoms with Crippen LogP contribution in [0.4, 0.5) is 4.39 Å². The first-order valence-corrected chi connectivity index (χ1v) is 5.75. The minimum Gasteiger partial charge on any atom is -0.268 e. The van der Waals surface area contributed by atoms with Gasteiger partial charge in [0.1, 0.15) is 11.0 Å². The molecule has 0 aliphatic rings. The summed E-state index contributed by atoms with van der Waals surface area (Å²) in [6, 6.07) is 9.29. The van der Waals surface area contributed by atoms with Crippen LogP contribution >= 0.6 is 0 Å². The summed E-state index contributed by atoms with van der Waals surface area (Å²) in [5, 5.41) is 10.5. The maximum Gasteiger partial charge on any atom is 0.266 e. The lowest BCUT2D eigenvalue weighted by molar-refractivity contribution is 0.0974. The van der Waals surface area contributed by atoms with Crippen molar-refractivity contribution >= 4 is 28.0 Å². The standard InChI is InChI=1S/C14H7FN4O/c15-9-4-2-6-11-13(9)19-12-8(14(20)17-7-16)3-1-5-10(12)18-11/h1-6H,(H,17,20). The Morgan fingerprint density at radius 2 is 1.80 bits per heavy atom. The molecule has 6 heteroatoms. The van der Waals surface area contributed by atoms with Crippen molar-refractivity contribution in [1.82, 2.24) is 15.3 Å². The minimum atomic E-state index is -0.594. The van der Waals surface area contributed by atoms with E-state index in [1.807, 2.05) is 5.32 Å². The van der Waals surface area contributed by atoms with Gasteiger partial charge in [0.25, 0.3) is 5.91 Å². The molecule has 1 aromatic heterocycles. The predicted molar refractivity (Wildman–Crippen MR) is 70.1 cm³/mol. The number of para-hydroxylation sites is 2. The number of carbonyl (C=O) groups is 1. The van der Waals surface area contributed by atoms with Gasteiger partial charge in [-0.3, -0.25) is 10.1 Å².